The molecule has 0 amide bonds. The Bertz CT molecular complexity index is 439. The molecule has 0 fully saturated rings. The van der Waals surface area contributed by atoms with Gasteiger partial charge in [-0.25, -0.2) is 9.36 Å². The Kier molecular flexibility index (Phi) is 3.36. The van der Waals surface area contributed by atoms with Crippen molar-refractivity contribution in [2.45, 2.75) is 0 Å². The topological polar surface area (TPSA) is 104 Å². The number of benzene rings is 1. The highest BCUT2D eigenvalue weighted by Gasteiger charge is 2.21. The van der Waals surface area contributed by atoms with E-state index in [1.807, 2.05) is 0 Å². The van der Waals surface area contributed by atoms with E-state index in [4.69, 9.17) is 26.5 Å². The molecule has 0 radical (unpaired) electrons. The second kappa shape index (κ2) is 4.20. The molecule has 0 aliphatic heterocycles. The van der Waals surface area contributed by atoms with Crippen LogP contribution in [0.15, 0.2) is 18.2 Å². The van der Waals surface area contributed by atoms with Gasteiger partial charge < -0.3 is 9.63 Å². The van der Waals surface area contributed by atoms with Gasteiger partial charge in [-0.05, 0) is 18.2 Å². The third-order valence-corrected chi connectivity index (χ3v) is 2.06. The maximum absolute atomic E-state index is 10.7. The smallest absolute Gasteiger partial charge is 0.478 e. The van der Waals surface area contributed by atoms with E-state index in [1.54, 1.807) is 0 Å². The van der Waals surface area contributed by atoms with Crippen molar-refractivity contribution in [2.75, 3.05) is 0 Å². The van der Waals surface area contributed by atoms with E-state index in [9.17, 15) is 9.36 Å². The van der Waals surface area contributed by atoms with Crippen LogP contribution in [-0.2, 0) is 4.57 Å². The lowest BCUT2D eigenvalue weighted by Gasteiger charge is -2.09. The SMILES string of the molecule is O=C(O)c1cc(Cl)ccc1OP(=O)(O)O. The summed E-state index contributed by atoms with van der Waals surface area (Å²) >= 11 is 5.52. The van der Waals surface area contributed by atoms with Crippen LogP contribution in [0.1, 0.15) is 10.4 Å². The van der Waals surface area contributed by atoms with Crippen LogP contribution >= 0.6 is 19.4 Å². The van der Waals surface area contributed by atoms with Gasteiger partial charge in [0.25, 0.3) is 0 Å². The number of hydrogen-bond acceptors (Lipinski definition) is 3. The van der Waals surface area contributed by atoms with Crippen molar-refractivity contribution in [2.24, 2.45) is 0 Å². The molecule has 0 unspecified atom stereocenters. The summed E-state index contributed by atoms with van der Waals surface area (Å²) in [5, 5.41) is 8.83. The van der Waals surface area contributed by atoms with Gasteiger partial charge in [-0.1, -0.05) is 11.6 Å². The van der Waals surface area contributed by atoms with Gasteiger partial charge in [0.15, 0.2) is 0 Å². The highest BCUT2D eigenvalue weighted by Crippen LogP contribution is 2.39. The number of carboxylic acid groups (broad SMARTS) is 1. The maximum atomic E-state index is 10.7. The van der Waals surface area contributed by atoms with Crippen LogP contribution in [0.3, 0.4) is 0 Å². The van der Waals surface area contributed by atoms with E-state index in [1.165, 1.54) is 6.07 Å². The predicted molar refractivity (Wildman–Crippen MR) is 51.1 cm³/mol. The highest BCUT2D eigenvalue weighted by atomic mass is 35.5. The van der Waals surface area contributed by atoms with Crippen molar-refractivity contribution in [3.05, 3.63) is 28.8 Å². The number of aromatic carboxylic acids is 1. The van der Waals surface area contributed by atoms with Gasteiger partial charge >= 0.3 is 13.8 Å². The molecular formula is C7H6ClO6P. The molecule has 0 atom stereocenters. The summed E-state index contributed by atoms with van der Waals surface area (Å²) in [5.41, 5.74) is -0.411. The second-order valence-corrected chi connectivity index (χ2v) is 4.13. The number of carbonyl (C=O) groups is 1. The van der Waals surface area contributed by atoms with Gasteiger partial charge in [0, 0.05) is 5.02 Å². The fourth-order valence-electron chi connectivity index (χ4n) is 0.877. The van der Waals surface area contributed by atoms with Crippen LogP contribution in [-0.4, -0.2) is 20.9 Å². The second-order valence-electron chi connectivity index (χ2n) is 2.53. The summed E-state index contributed by atoms with van der Waals surface area (Å²) in [7, 11) is -4.78. The zero-order valence-electron chi connectivity index (χ0n) is 7.12. The van der Waals surface area contributed by atoms with Gasteiger partial charge in [-0.3, -0.25) is 9.79 Å². The van der Waals surface area contributed by atoms with E-state index in [0.717, 1.165) is 12.1 Å². The van der Waals surface area contributed by atoms with Crippen molar-refractivity contribution in [3.8, 4) is 5.75 Å². The maximum Gasteiger partial charge on any atom is 0.524 e. The monoisotopic (exact) mass is 252 g/mol. The molecule has 0 saturated carbocycles. The number of phosphoric ester groups is 1. The quantitative estimate of drug-likeness (QED) is 0.705. The Labute approximate surface area is 89.3 Å². The average Bonchev–Trinajstić information content (AvgIpc) is 2.05. The molecule has 8 heteroatoms. The predicted octanol–water partition coefficient (Wildman–Crippen LogP) is 1.51. The van der Waals surface area contributed by atoms with E-state index >= 15 is 0 Å². The molecule has 0 heterocycles. The average molecular weight is 253 g/mol. The first-order valence-corrected chi connectivity index (χ1v) is 5.48. The van der Waals surface area contributed by atoms with Gasteiger partial charge in [0.2, 0.25) is 0 Å². The van der Waals surface area contributed by atoms with Gasteiger partial charge in [0.05, 0.1) is 0 Å². The zero-order valence-corrected chi connectivity index (χ0v) is 8.77. The third-order valence-electron chi connectivity index (χ3n) is 1.39. The molecule has 6 nitrogen and oxygen atoms in total. The molecule has 0 saturated heterocycles. The molecule has 0 spiro atoms. The van der Waals surface area contributed by atoms with Crippen LogP contribution in [0.4, 0.5) is 0 Å². The van der Waals surface area contributed by atoms with Crippen LogP contribution in [0.5, 0.6) is 5.75 Å². The van der Waals surface area contributed by atoms with Crippen LogP contribution in [0, 0.1) is 0 Å². The van der Waals surface area contributed by atoms with Crippen molar-refractivity contribution in [1.82, 2.24) is 0 Å². The Balaban J connectivity index is 3.18. The summed E-state index contributed by atoms with van der Waals surface area (Å²) in [6.07, 6.45) is 0. The minimum atomic E-state index is -4.78. The number of rotatable bonds is 3. The van der Waals surface area contributed by atoms with Crippen LogP contribution < -0.4 is 4.52 Å². The Morgan fingerprint density at radius 1 is 1.40 bits per heavy atom. The van der Waals surface area contributed by atoms with Crippen LogP contribution in [0.25, 0.3) is 0 Å². The largest absolute Gasteiger partial charge is 0.524 e. The van der Waals surface area contributed by atoms with Crippen molar-refractivity contribution in [3.63, 3.8) is 0 Å². The fourth-order valence-corrected chi connectivity index (χ4v) is 1.46. The molecule has 0 aliphatic carbocycles. The minimum Gasteiger partial charge on any atom is -0.478 e. The number of hydrogen-bond donors (Lipinski definition) is 3. The zero-order chi connectivity index (χ0) is 11.6. The van der Waals surface area contributed by atoms with E-state index in [0.29, 0.717) is 0 Å². The first-order chi connectivity index (χ1) is 6.79. The van der Waals surface area contributed by atoms with Gasteiger partial charge in [0.1, 0.15) is 11.3 Å². The van der Waals surface area contributed by atoms with Crippen molar-refractivity contribution >= 4 is 25.4 Å². The first kappa shape index (κ1) is 12.0. The number of halogens is 1. The van der Waals surface area contributed by atoms with Gasteiger partial charge in [-0.2, -0.15) is 0 Å². The molecule has 3 N–H and O–H groups in total. The lowest BCUT2D eigenvalue weighted by atomic mass is 10.2. The Hall–Kier alpha value is -1.07. The molecule has 1 rings (SSSR count). The molecule has 1 aromatic rings. The summed E-state index contributed by atoms with van der Waals surface area (Å²) in [6.45, 7) is 0. The molecule has 15 heavy (non-hydrogen) atoms. The van der Waals surface area contributed by atoms with E-state index < -0.39 is 25.1 Å². The van der Waals surface area contributed by atoms with Crippen molar-refractivity contribution in [1.29, 1.82) is 0 Å². The fraction of sp³-hybridized carbons (Fsp3) is 0. The lowest BCUT2D eigenvalue weighted by Crippen LogP contribution is -2.01. The highest BCUT2D eigenvalue weighted by molar-refractivity contribution is 7.46. The summed E-state index contributed by atoms with van der Waals surface area (Å²) in [6, 6.07) is 3.37. The Morgan fingerprint density at radius 3 is 2.47 bits per heavy atom. The molecule has 82 valence electrons. The normalized spacial score (nSPS) is 11.1. The molecule has 1 aromatic carbocycles. The summed E-state index contributed by atoms with van der Waals surface area (Å²) in [4.78, 5) is 27.7. The summed E-state index contributed by atoms with van der Waals surface area (Å²) in [5.74, 6) is -1.82. The molecule has 0 bridgehead atoms. The first-order valence-electron chi connectivity index (χ1n) is 3.57. The Morgan fingerprint density at radius 2 is 2.00 bits per heavy atom. The van der Waals surface area contributed by atoms with E-state index in [2.05, 4.69) is 4.52 Å². The lowest BCUT2D eigenvalue weighted by molar-refractivity contribution is 0.0694. The van der Waals surface area contributed by atoms with Crippen molar-refractivity contribution < 1.29 is 28.8 Å². The van der Waals surface area contributed by atoms with E-state index in [-0.39, 0.29) is 5.02 Å². The molecule has 0 aliphatic rings. The number of carboxylic acids is 1. The summed E-state index contributed by atoms with van der Waals surface area (Å²) < 4.78 is 14.7. The third kappa shape index (κ3) is 3.53. The van der Waals surface area contributed by atoms with Crippen LogP contribution in [0.2, 0.25) is 5.02 Å². The standard InChI is InChI=1S/C7H6ClO6P/c8-4-1-2-6(14-15(11,12)13)5(3-4)7(9)10/h1-3H,(H,9,10)(H2,11,12,13). The molecular weight excluding hydrogens is 246 g/mol. The number of phosphoric acid groups is 1. The minimum absolute atomic E-state index is 0.130. The van der Waals surface area contributed by atoms with Gasteiger partial charge in [-0.15, -0.1) is 0 Å². The molecule has 0 aromatic heterocycles.